The van der Waals surface area contributed by atoms with Crippen molar-refractivity contribution in [2.24, 2.45) is 23.7 Å². The van der Waals surface area contributed by atoms with Gasteiger partial charge in [0, 0.05) is 12.8 Å². The molecule has 0 saturated heterocycles. The average molecular weight is 194 g/mol. The molecule has 2 nitrogen and oxygen atoms in total. The van der Waals surface area contributed by atoms with Gasteiger partial charge in [0.05, 0.1) is 0 Å². The molecule has 0 unspecified atom stereocenters. The number of fused-ring (bicyclic) bond motifs is 2. The second-order valence-electron chi connectivity index (χ2n) is 4.97. The van der Waals surface area contributed by atoms with Gasteiger partial charge >= 0.3 is 0 Å². The number of Topliss-reactive ketones (excluding diaryl/α,β-unsaturated/α-hetero) is 1. The van der Waals surface area contributed by atoms with E-state index in [1.54, 1.807) is 6.92 Å². The molecule has 2 fully saturated rings. The highest BCUT2D eigenvalue weighted by atomic mass is 16.1. The molecule has 0 amide bonds. The van der Waals surface area contributed by atoms with Crippen LogP contribution < -0.4 is 0 Å². The minimum Gasteiger partial charge on any atom is -0.303 e. The number of aldehydes is 1. The molecule has 78 valence electrons. The van der Waals surface area contributed by atoms with E-state index in [-0.39, 0.29) is 0 Å². The lowest BCUT2D eigenvalue weighted by atomic mass is 9.75. The van der Waals surface area contributed by atoms with Crippen LogP contribution in [0, 0.1) is 23.7 Å². The lowest BCUT2D eigenvalue weighted by Gasteiger charge is -2.29. The fourth-order valence-corrected chi connectivity index (χ4v) is 3.66. The highest BCUT2D eigenvalue weighted by Gasteiger charge is 2.46. The molecule has 4 atom stereocenters. The van der Waals surface area contributed by atoms with Gasteiger partial charge in [0.15, 0.2) is 0 Å². The third kappa shape index (κ3) is 1.62. The SMILES string of the molecule is CC(=O)C[C@@H]1[C@@H]2CC[C@@H](C2)[C@@H]1CC=O. The maximum atomic E-state index is 11.1. The number of rotatable bonds is 4. The maximum absolute atomic E-state index is 11.1. The normalized spacial score (nSPS) is 40.1. The lowest BCUT2D eigenvalue weighted by molar-refractivity contribution is -0.119. The zero-order chi connectivity index (χ0) is 10.1. The van der Waals surface area contributed by atoms with Crippen LogP contribution in [0.1, 0.15) is 39.0 Å². The molecule has 0 aliphatic heterocycles. The lowest BCUT2D eigenvalue weighted by Crippen LogP contribution is -2.24. The van der Waals surface area contributed by atoms with Crippen molar-refractivity contribution in [3.8, 4) is 0 Å². The van der Waals surface area contributed by atoms with Gasteiger partial charge in [-0.15, -0.1) is 0 Å². The van der Waals surface area contributed by atoms with Crippen LogP contribution in [0.3, 0.4) is 0 Å². The van der Waals surface area contributed by atoms with Crippen LogP contribution in [0.15, 0.2) is 0 Å². The Hall–Kier alpha value is -0.660. The molecule has 2 saturated carbocycles. The first kappa shape index (κ1) is 9.88. The van der Waals surface area contributed by atoms with Gasteiger partial charge in [0.1, 0.15) is 12.1 Å². The van der Waals surface area contributed by atoms with Crippen molar-refractivity contribution in [3.63, 3.8) is 0 Å². The Balaban J connectivity index is 2.05. The standard InChI is InChI=1S/C12H18O2/c1-8(14)6-12-10-3-2-9(7-10)11(12)4-5-13/h5,9-12H,2-4,6-7H2,1H3/t9-,10+,11-,12+/m0/s1. The summed E-state index contributed by atoms with van der Waals surface area (Å²) in [5.41, 5.74) is 0. The molecule has 2 bridgehead atoms. The zero-order valence-corrected chi connectivity index (χ0v) is 8.74. The Kier molecular flexibility index (Phi) is 2.71. The van der Waals surface area contributed by atoms with Gasteiger partial charge in [-0.05, 0) is 49.9 Å². The smallest absolute Gasteiger partial charge is 0.130 e. The second kappa shape index (κ2) is 3.84. The van der Waals surface area contributed by atoms with Crippen LogP contribution in [0.4, 0.5) is 0 Å². The summed E-state index contributed by atoms with van der Waals surface area (Å²) in [4.78, 5) is 21.7. The van der Waals surface area contributed by atoms with Gasteiger partial charge in [-0.3, -0.25) is 0 Å². The molecule has 0 radical (unpaired) electrons. The predicted octanol–water partition coefficient (Wildman–Crippen LogP) is 2.22. The summed E-state index contributed by atoms with van der Waals surface area (Å²) in [6, 6.07) is 0. The molecule has 0 aromatic carbocycles. The summed E-state index contributed by atoms with van der Waals surface area (Å²) in [7, 11) is 0. The van der Waals surface area contributed by atoms with Gasteiger partial charge < -0.3 is 9.59 Å². The van der Waals surface area contributed by atoms with Crippen LogP contribution in [0.25, 0.3) is 0 Å². The third-order valence-corrected chi connectivity index (χ3v) is 4.17. The molecular weight excluding hydrogens is 176 g/mol. The molecule has 2 heteroatoms. The van der Waals surface area contributed by atoms with E-state index in [1.165, 1.54) is 19.3 Å². The van der Waals surface area contributed by atoms with Gasteiger partial charge in [0.25, 0.3) is 0 Å². The van der Waals surface area contributed by atoms with E-state index >= 15 is 0 Å². The summed E-state index contributed by atoms with van der Waals surface area (Å²) in [5, 5.41) is 0. The molecule has 0 N–H and O–H groups in total. The van der Waals surface area contributed by atoms with Crippen LogP contribution >= 0.6 is 0 Å². The van der Waals surface area contributed by atoms with E-state index < -0.39 is 0 Å². The first-order chi connectivity index (χ1) is 6.72. The first-order valence-electron chi connectivity index (χ1n) is 5.65. The van der Waals surface area contributed by atoms with Gasteiger partial charge in [-0.1, -0.05) is 0 Å². The summed E-state index contributed by atoms with van der Waals surface area (Å²) < 4.78 is 0. The van der Waals surface area contributed by atoms with E-state index in [4.69, 9.17) is 0 Å². The Labute approximate surface area is 85.1 Å². The fraction of sp³-hybridized carbons (Fsp3) is 0.833. The average Bonchev–Trinajstić information content (AvgIpc) is 2.68. The number of hydrogen-bond acceptors (Lipinski definition) is 2. The molecular formula is C12H18O2. The first-order valence-corrected chi connectivity index (χ1v) is 5.65. The van der Waals surface area contributed by atoms with Crippen molar-refractivity contribution in [2.75, 3.05) is 0 Å². The van der Waals surface area contributed by atoms with E-state index in [2.05, 4.69) is 0 Å². The Morgan fingerprint density at radius 2 is 1.93 bits per heavy atom. The Morgan fingerprint density at radius 1 is 1.29 bits per heavy atom. The minimum atomic E-state index is 0.290. The molecule has 2 rings (SSSR count). The molecule has 14 heavy (non-hydrogen) atoms. The van der Waals surface area contributed by atoms with Crippen LogP contribution in [-0.2, 0) is 9.59 Å². The Bertz CT molecular complexity index is 247. The van der Waals surface area contributed by atoms with Crippen LogP contribution in [-0.4, -0.2) is 12.1 Å². The third-order valence-electron chi connectivity index (χ3n) is 4.17. The largest absolute Gasteiger partial charge is 0.303 e. The summed E-state index contributed by atoms with van der Waals surface area (Å²) in [6.07, 6.45) is 6.28. The molecule has 2 aliphatic rings. The van der Waals surface area contributed by atoms with Gasteiger partial charge in [-0.25, -0.2) is 0 Å². The van der Waals surface area contributed by atoms with Crippen molar-refractivity contribution < 1.29 is 9.59 Å². The number of carbonyl (C=O) groups excluding carboxylic acids is 2. The van der Waals surface area contributed by atoms with Crippen molar-refractivity contribution >= 4 is 12.1 Å². The van der Waals surface area contributed by atoms with Crippen LogP contribution in [0.2, 0.25) is 0 Å². The van der Waals surface area contributed by atoms with Crippen molar-refractivity contribution in [2.45, 2.75) is 39.0 Å². The molecule has 2 aliphatic carbocycles. The summed E-state index contributed by atoms with van der Waals surface area (Å²) in [5.74, 6) is 2.83. The van der Waals surface area contributed by atoms with E-state index in [0.29, 0.717) is 30.5 Å². The highest BCUT2D eigenvalue weighted by molar-refractivity contribution is 5.75. The quantitative estimate of drug-likeness (QED) is 0.643. The summed E-state index contributed by atoms with van der Waals surface area (Å²) >= 11 is 0. The second-order valence-corrected chi connectivity index (χ2v) is 4.97. The molecule has 0 spiro atoms. The maximum Gasteiger partial charge on any atom is 0.130 e. The Morgan fingerprint density at radius 3 is 2.50 bits per heavy atom. The number of carbonyl (C=O) groups is 2. The monoisotopic (exact) mass is 194 g/mol. The van der Waals surface area contributed by atoms with Gasteiger partial charge in [0.2, 0.25) is 0 Å². The molecule has 0 aromatic heterocycles. The molecule has 0 heterocycles. The predicted molar refractivity (Wildman–Crippen MR) is 53.8 cm³/mol. The van der Waals surface area contributed by atoms with Crippen molar-refractivity contribution in [3.05, 3.63) is 0 Å². The molecule has 0 aromatic rings. The van der Waals surface area contributed by atoms with E-state index in [1.807, 2.05) is 0 Å². The van der Waals surface area contributed by atoms with Crippen molar-refractivity contribution in [1.82, 2.24) is 0 Å². The van der Waals surface area contributed by atoms with E-state index in [9.17, 15) is 9.59 Å². The minimum absolute atomic E-state index is 0.290. The van der Waals surface area contributed by atoms with Gasteiger partial charge in [-0.2, -0.15) is 0 Å². The highest BCUT2D eigenvalue weighted by Crippen LogP contribution is 2.54. The fourth-order valence-electron chi connectivity index (χ4n) is 3.66. The van der Waals surface area contributed by atoms with Crippen molar-refractivity contribution in [1.29, 1.82) is 0 Å². The summed E-state index contributed by atoms with van der Waals surface area (Å²) in [6.45, 7) is 1.67. The topological polar surface area (TPSA) is 34.1 Å². The van der Waals surface area contributed by atoms with E-state index in [0.717, 1.165) is 18.1 Å². The zero-order valence-electron chi connectivity index (χ0n) is 8.74. The number of ketones is 1. The van der Waals surface area contributed by atoms with Crippen LogP contribution in [0.5, 0.6) is 0 Å². The number of hydrogen-bond donors (Lipinski definition) is 0.